The summed E-state index contributed by atoms with van der Waals surface area (Å²) in [5.41, 5.74) is -0.358. The first-order valence-electron chi connectivity index (χ1n) is 6.73. The second kappa shape index (κ2) is 5.57. The quantitative estimate of drug-likeness (QED) is 0.708. The van der Waals surface area contributed by atoms with Crippen LogP contribution < -0.4 is 0 Å². The molecule has 106 valence electrons. The largest absolute Gasteiger partial charge is 0.468 e. The fourth-order valence-electron chi connectivity index (χ4n) is 2.96. The Hall–Kier alpha value is -0.610. The molecule has 1 fully saturated rings. The lowest BCUT2D eigenvalue weighted by Gasteiger charge is -2.35. The van der Waals surface area contributed by atoms with Crippen LogP contribution in [-0.4, -0.2) is 48.3 Å². The Morgan fingerprint density at radius 1 is 1.39 bits per heavy atom. The molecular formula is C14H27NO3. The predicted molar refractivity (Wildman–Crippen MR) is 71.5 cm³/mol. The molecular weight excluding hydrogens is 230 g/mol. The highest BCUT2D eigenvalue weighted by molar-refractivity contribution is 5.71. The van der Waals surface area contributed by atoms with Gasteiger partial charge in [0.25, 0.3) is 0 Å². The Labute approximate surface area is 111 Å². The van der Waals surface area contributed by atoms with Crippen molar-refractivity contribution in [3.05, 3.63) is 0 Å². The number of nitrogens with zero attached hydrogens (tertiary/aromatic N) is 1. The average Bonchev–Trinajstić information content (AvgIpc) is 2.45. The number of carbonyl (C=O) groups is 1. The molecule has 0 bridgehead atoms. The molecule has 0 aromatic rings. The Kier molecular flexibility index (Phi) is 4.78. The lowest BCUT2D eigenvalue weighted by molar-refractivity contribution is -0.143. The maximum atomic E-state index is 11.5. The summed E-state index contributed by atoms with van der Waals surface area (Å²) in [6, 6.07) is 0.256. The van der Waals surface area contributed by atoms with Crippen molar-refractivity contribution in [2.45, 2.75) is 64.7 Å². The lowest BCUT2D eigenvalue weighted by Crippen LogP contribution is -2.48. The molecule has 1 saturated heterocycles. The summed E-state index contributed by atoms with van der Waals surface area (Å²) in [6.07, 6.45) is 1.96. The fourth-order valence-corrected chi connectivity index (χ4v) is 2.96. The van der Waals surface area contributed by atoms with E-state index in [1.54, 1.807) is 0 Å². The number of rotatable bonds is 5. The number of ether oxygens (including phenoxy) is 2. The maximum Gasteiger partial charge on any atom is 0.319 e. The monoisotopic (exact) mass is 257 g/mol. The van der Waals surface area contributed by atoms with Gasteiger partial charge < -0.3 is 9.47 Å². The molecule has 4 nitrogen and oxygen atoms in total. The normalized spacial score (nSPS) is 25.4. The van der Waals surface area contributed by atoms with Crippen molar-refractivity contribution < 1.29 is 14.3 Å². The third kappa shape index (κ3) is 3.69. The minimum atomic E-state index is -0.229. The van der Waals surface area contributed by atoms with Gasteiger partial charge in [-0.05, 0) is 47.1 Å². The summed E-state index contributed by atoms with van der Waals surface area (Å²) in [4.78, 5) is 13.7. The molecule has 0 aliphatic carbocycles. The van der Waals surface area contributed by atoms with E-state index in [2.05, 4.69) is 39.5 Å². The third-order valence-corrected chi connectivity index (χ3v) is 3.54. The highest BCUT2D eigenvalue weighted by atomic mass is 16.5. The van der Waals surface area contributed by atoms with Gasteiger partial charge in [0.15, 0.2) is 0 Å². The first-order valence-corrected chi connectivity index (χ1v) is 6.73. The molecule has 0 spiro atoms. The fraction of sp³-hybridized carbons (Fsp3) is 0.929. The number of hydrogen-bond acceptors (Lipinski definition) is 4. The molecule has 1 aliphatic rings. The molecule has 1 aliphatic heterocycles. The zero-order chi connectivity index (χ0) is 14.0. The van der Waals surface area contributed by atoms with Crippen LogP contribution in [0.4, 0.5) is 0 Å². The van der Waals surface area contributed by atoms with E-state index in [0.717, 1.165) is 19.4 Å². The summed E-state index contributed by atoms with van der Waals surface area (Å²) in [5, 5.41) is 0. The molecule has 0 N–H and O–H groups in total. The van der Waals surface area contributed by atoms with Crippen LogP contribution in [0.1, 0.15) is 47.5 Å². The molecule has 1 atom stereocenters. The predicted octanol–water partition coefficient (Wildman–Crippen LogP) is 2.22. The van der Waals surface area contributed by atoms with Gasteiger partial charge in [0, 0.05) is 6.04 Å². The van der Waals surface area contributed by atoms with Crippen LogP contribution in [0.2, 0.25) is 0 Å². The molecule has 18 heavy (non-hydrogen) atoms. The Morgan fingerprint density at radius 3 is 2.39 bits per heavy atom. The van der Waals surface area contributed by atoms with Crippen molar-refractivity contribution in [2.24, 2.45) is 0 Å². The van der Waals surface area contributed by atoms with Crippen LogP contribution >= 0.6 is 0 Å². The van der Waals surface area contributed by atoms with E-state index in [4.69, 9.17) is 9.47 Å². The van der Waals surface area contributed by atoms with E-state index in [1.165, 1.54) is 7.11 Å². The molecule has 4 heteroatoms. The van der Waals surface area contributed by atoms with Gasteiger partial charge in [-0.25, -0.2) is 0 Å². The molecule has 1 rings (SSSR count). The van der Waals surface area contributed by atoms with Gasteiger partial charge in [-0.3, -0.25) is 9.69 Å². The van der Waals surface area contributed by atoms with Crippen LogP contribution in [0.15, 0.2) is 0 Å². The minimum Gasteiger partial charge on any atom is -0.468 e. The second-order valence-electron chi connectivity index (χ2n) is 6.23. The molecule has 0 amide bonds. The topological polar surface area (TPSA) is 38.8 Å². The Morgan fingerprint density at radius 2 is 2.00 bits per heavy atom. The van der Waals surface area contributed by atoms with E-state index in [1.807, 2.05) is 0 Å². The van der Waals surface area contributed by atoms with E-state index in [-0.39, 0.29) is 23.2 Å². The molecule has 0 aromatic carbocycles. The third-order valence-electron chi connectivity index (χ3n) is 3.54. The summed E-state index contributed by atoms with van der Waals surface area (Å²) < 4.78 is 10.9. The molecule has 0 aromatic heterocycles. The highest BCUT2D eigenvalue weighted by Crippen LogP contribution is 2.40. The highest BCUT2D eigenvalue weighted by Gasteiger charge is 2.48. The second-order valence-corrected chi connectivity index (χ2v) is 6.23. The van der Waals surface area contributed by atoms with Crippen molar-refractivity contribution in [2.75, 3.05) is 20.2 Å². The average molecular weight is 257 g/mol. The zero-order valence-corrected chi connectivity index (χ0v) is 12.6. The molecule has 0 radical (unpaired) electrons. The number of hydrogen-bond donors (Lipinski definition) is 0. The lowest BCUT2D eigenvalue weighted by atomic mass is 9.92. The summed E-state index contributed by atoms with van der Waals surface area (Å²) in [6.45, 7) is 11.8. The van der Waals surface area contributed by atoms with Gasteiger partial charge in [0.1, 0.15) is 0 Å². The smallest absolute Gasteiger partial charge is 0.319 e. The first kappa shape index (κ1) is 15.4. The van der Waals surface area contributed by atoms with Crippen LogP contribution in [0.3, 0.4) is 0 Å². The number of carbonyl (C=O) groups excluding carboxylic acids is 1. The van der Waals surface area contributed by atoms with Gasteiger partial charge in [-0.1, -0.05) is 6.92 Å². The van der Waals surface area contributed by atoms with Gasteiger partial charge >= 0.3 is 5.97 Å². The maximum absolute atomic E-state index is 11.5. The van der Waals surface area contributed by atoms with E-state index in [0.29, 0.717) is 6.54 Å². The van der Waals surface area contributed by atoms with Gasteiger partial charge in [0.2, 0.25) is 0 Å². The van der Waals surface area contributed by atoms with Crippen molar-refractivity contribution in [1.82, 2.24) is 4.90 Å². The van der Waals surface area contributed by atoms with Crippen molar-refractivity contribution in [3.63, 3.8) is 0 Å². The zero-order valence-electron chi connectivity index (χ0n) is 12.6. The Balaban J connectivity index is 2.82. The van der Waals surface area contributed by atoms with Crippen molar-refractivity contribution in [3.8, 4) is 0 Å². The van der Waals surface area contributed by atoms with Gasteiger partial charge in [-0.2, -0.15) is 0 Å². The van der Waals surface area contributed by atoms with Crippen molar-refractivity contribution in [1.29, 1.82) is 0 Å². The molecule has 1 heterocycles. The van der Waals surface area contributed by atoms with Gasteiger partial charge in [0.05, 0.1) is 24.9 Å². The van der Waals surface area contributed by atoms with Crippen LogP contribution in [0, 0.1) is 0 Å². The SMILES string of the molecule is CCCN(CC(=O)OC)C1CC(C)(C)OC1(C)C. The number of methoxy groups -OCH3 is 1. The minimum absolute atomic E-state index is 0.129. The standard InChI is InChI=1S/C14H27NO3/c1-7-8-15(10-12(16)17-6)11-9-13(2,3)18-14(11,4)5/h11H,7-10H2,1-6H3. The number of esters is 1. The van der Waals surface area contributed by atoms with E-state index < -0.39 is 0 Å². The van der Waals surface area contributed by atoms with Crippen LogP contribution in [0.5, 0.6) is 0 Å². The van der Waals surface area contributed by atoms with E-state index >= 15 is 0 Å². The van der Waals surface area contributed by atoms with Crippen LogP contribution in [0.25, 0.3) is 0 Å². The molecule has 1 unspecified atom stereocenters. The summed E-state index contributed by atoms with van der Waals surface area (Å²) in [7, 11) is 1.44. The molecule has 0 saturated carbocycles. The summed E-state index contributed by atoms with van der Waals surface area (Å²) in [5.74, 6) is -0.177. The van der Waals surface area contributed by atoms with Crippen LogP contribution in [-0.2, 0) is 14.3 Å². The first-order chi connectivity index (χ1) is 8.22. The van der Waals surface area contributed by atoms with Crippen molar-refractivity contribution >= 4 is 5.97 Å². The summed E-state index contributed by atoms with van der Waals surface area (Å²) >= 11 is 0. The Bertz CT molecular complexity index is 299. The van der Waals surface area contributed by atoms with E-state index in [9.17, 15) is 4.79 Å². The van der Waals surface area contributed by atoms with Gasteiger partial charge in [-0.15, -0.1) is 0 Å².